The summed E-state index contributed by atoms with van der Waals surface area (Å²) in [4.78, 5) is 9.40. The Kier molecular flexibility index (Phi) is 3.85. The molecule has 6 nitrogen and oxygen atoms in total. The van der Waals surface area contributed by atoms with E-state index < -0.39 is 0 Å². The number of benzene rings is 2. The summed E-state index contributed by atoms with van der Waals surface area (Å²) in [6.07, 6.45) is 0. The van der Waals surface area contributed by atoms with E-state index in [4.69, 9.17) is 21.7 Å². The van der Waals surface area contributed by atoms with E-state index in [2.05, 4.69) is 9.97 Å². The molecule has 0 spiro atoms. The molecule has 0 radical (unpaired) electrons. The van der Waals surface area contributed by atoms with E-state index in [-0.39, 0.29) is 18.1 Å². The van der Waals surface area contributed by atoms with Crippen molar-refractivity contribution in [3.63, 3.8) is 0 Å². The molecule has 1 aliphatic rings. The maximum Gasteiger partial charge on any atom is 0.145 e. The van der Waals surface area contributed by atoms with Crippen LogP contribution in [0, 0.1) is 12.3 Å². The molecular weight excluding hydrogens is 352 g/mol. The van der Waals surface area contributed by atoms with Gasteiger partial charge in [-0.3, -0.25) is 5.41 Å². The highest BCUT2D eigenvalue weighted by atomic mass is 35.5. The van der Waals surface area contributed by atoms with E-state index in [0.717, 1.165) is 16.6 Å². The van der Waals surface area contributed by atoms with Crippen LogP contribution in [0.5, 0.6) is 5.75 Å². The number of ether oxygens (including phenoxy) is 1. The van der Waals surface area contributed by atoms with Gasteiger partial charge in [-0.25, -0.2) is 4.98 Å². The van der Waals surface area contributed by atoms with Crippen LogP contribution in [0.2, 0.25) is 5.02 Å². The summed E-state index contributed by atoms with van der Waals surface area (Å²) >= 11 is 6.20. The molecule has 0 amide bonds. The SMILES string of the molecule is COc1ccc(N2CC(O)=C(c3nc4ccc(C)cc4[nH]3)C2=N)cc1Cl. The summed E-state index contributed by atoms with van der Waals surface area (Å²) in [5.74, 6) is 1.30. The number of aromatic nitrogens is 2. The smallest absolute Gasteiger partial charge is 0.145 e. The zero-order chi connectivity index (χ0) is 18.4. The molecule has 0 saturated carbocycles. The third-order valence-electron chi connectivity index (χ3n) is 4.42. The molecule has 132 valence electrons. The highest BCUT2D eigenvalue weighted by Crippen LogP contribution is 2.34. The minimum atomic E-state index is 0.0951. The monoisotopic (exact) mass is 368 g/mol. The number of anilines is 1. The fourth-order valence-electron chi connectivity index (χ4n) is 3.11. The minimum Gasteiger partial charge on any atom is -0.509 e. The van der Waals surface area contributed by atoms with Crippen LogP contribution in [-0.4, -0.2) is 34.6 Å². The Morgan fingerprint density at radius 1 is 1.27 bits per heavy atom. The predicted octanol–water partition coefficient (Wildman–Crippen LogP) is 4.30. The number of aryl methyl sites for hydroxylation is 1. The molecular formula is C19H17ClN4O2. The van der Waals surface area contributed by atoms with Crippen LogP contribution in [-0.2, 0) is 0 Å². The molecule has 0 saturated heterocycles. The number of fused-ring (bicyclic) bond motifs is 1. The van der Waals surface area contributed by atoms with Gasteiger partial charge < -0.3 is 19.7 Å². The predicted molar refractivity (Wildman–Crippen MR) is 103 cm³/mol. The molecule has 0 aliphatic carbocycles. The normalized spacial score (nSPS) is 14.6. The largest absolute Gasteiger partial charge is 0.509 e. The summed E-state index contributed by atoms with van der Waals surface area (Å²) in [6.45, 7) is 2.19. The zero-order valence-electron chi connectivity index (χ0n) is 14.3. The number of methoxy groups -OCH3 is 1. The van der Waals surface area contributed by atoms with E-state index in [1.807, 2.05) is 25.1 Å². The number of halogens is 1. The third-order valence-corrected chi connectivity index (χ3v) is 4.72. The second kappa shape index (κ2) is 6.07. The van der Waals surface area contributed by atoms with Crippen molar-refractivity contribution >= 4 is 39.7 Å². The van der Waals surface area contributed by atoms with Crippen LogP contribution in [0.15, 0.2) is 42.2 Å². The average Bonchev–Trinajstić information content (AvgIpc) is 3.14. The lowest BCUT2D eigenvalue weighted by Crippen LogP contribution is -2.26. The van der Waals surface area contributed by atoms with Gasteiger partial charge >= 0.3 is 0 Å². The van der Waals surface area contributed by atoms with Gasteiger partial charge in [-0.05, 0) is 42.8 Å². The Hall–Kier alpha value is -2.99. The lowest BCUT2D eigenvalue weighted by Gasteiger charge is -2.19. The maximum atomic E-state index is 10.5. The fourth-order valence-corrected chi connectivity index (χ4v) is 3.37. The molecule has 0 fully saturated rings. The second-order valence-electron chi connectivity index (χ2n) is 6.18. The summed E-state index contributed by atoms with van der Waals surface area (Å²) in [5.41, 5.74) is 3.88. The van der Waals surface area contributed by atoms with E-state index in [9.17, 15) is 5.11 Å². The van der Waals surface area contributed by atoms with Crippen LogP contribution in [0.3, 0.4) is 0 Å². The molecule has 2 heterocycles. The molecule has 26 heavy (non-hydrogen) atoms. The summed E-state index contributed by atoms with van der Waals surface area (Å²) in [7, 11) is 1.55. The Bertz CT molecular complexity index is 1070. The first-order valence-electron chi connectivity index (χ1n) is 8.07. The molecule has 2 aromatic carbocycles. The number of hydrogen-bond acceptors (Lipinski definition) is 4. The van der Waals surface area contributed by atoms with E-state index >= 15 is 0 Å². The van der Waals surface area contributed by atoms with Gasteiger partial charge in [0.1, 0.15) is 23.2 Å². The number of rotatable bonds is 3. The molecule has 1 aliphatic heterocycles. The first-order chi connectivity index (χ1) is 12.5. The third kappa shape index (κ3) is 2.59. The second-order valence-corrected chi connectivity index (χ2v) is 6.59. The average molecular weight is 369 g/mol. The first kappa shape index (κ1) is 16.5. The van der Waals surface area contributed by atoms with Crippen molar-refractivity contribution in [2.45, 2.75) is 6.92 Å². The van der Waals surface area contributed by atoms with Crippen molar-refractivity contribution in [3.8, 4) is 5.75 Å². The van der Waals surface area contributed by atoms with Gasteiger partial charge in [-0.2, -0.15) is 0 Å². The summed E-state index contributed by atoms with van der Waals surface area (Å²) in [6, 6.07) is 11.1. The van der Waals surface area contributed by atoms with Crippen molar-refractivity contribution in [2.75, 3.05) is 18.6 Å². The molecule has 4 rings (SSSR count). The Morgan fingerprint density at radius 2 is 2.08 bits per heavy atom. The number of H-pyrrole nitrogens is 1. The van der Waals surface area contributed by atoms with Crippen LogP contribution >= 0.6 is 11.6 Å². The van der Waals surface area contributed by atoms with Gasteiger partial charge in [0.25, 0.3) is 0 Å². The Labute approximate surface area is 155 Å². The number of imidazole rings is 1. The van der Waals surface area contributed by atoms with Gasteiger partial charge in [-0.1, -0.05) is 17.7 Å². The molecule has 3 N–H and O–H groups in total. The number of aliphatic hydroxyl groups is 1. The van der Waals surface area contributed by atoms with E-state index in [1.54, 1.807) is 30.2 Å². The number of nitrogens with one attached hydrogen (secondary N) is 2. The lowest BCUT2D eigenvalue weighted by atomic mass is 10.2. The fraction of sp³-hybridized carbons (Fsp3) is 0.158. The molecule has 0 atom stereocenters. The van der Waals surface area contributed by atoms with Crippen molar-refractivity contribution in [1.82, 2.24) is 9.97 Å². The molecule has 7 heteroatoms. The number of nitrogens with zero attached hydrogens (tertiary/aromatic N) is 2. The molecule has 0 bridgehead atoms. The van der Waals surface area contributed by atoms with Crippen LogP contribution in [0.4, 0.5) is 5.69 Å². The maximum absolute atomic E-state index is 10.5. The standard InChI is InChI=1S/C19H17ClN4O2/c1-10-3-5-13-14(7-10)23-19(22-13)17-15(25)9-24(18(17)21)11-4-6-16(26-2)12(20)8-11/h3-8,21,25H,9H2,1-2H3,(H,22,23). The van der Waals surface area contributed by atoms with Crippen molar-refractivity contribution in [3.05, 3.63) is 58.6 Å². The van der Waals surface area contributed by atoms with E-state index in [1.165, 1.54) is 0 Å². The highest BCUT2D eigenvalue weighted by Gasteiger charge is 2.31. The van der Waals surface area contributed by atoms with Gasteiger partial charge in [-0.15, -0.1) is 0 Å². The van der Waals surface area contributed by atoms with E-state index in [0.29, 0.717) is 27.9 Å². The van der Waals surface area contributed by atoms with Crippen LogP contribution in [0.25, 0.3) is 16.6 Å². The van der Waals surface area contributed by atoms with Gasteiger partial charge in [0, 0.05) is 5.69 Å². The van der Waals surface area contributed by atoms with Gasteiger partial charge in [0.15, 0.2) is 0 Å². The number of amidine groups is 1. The zero-order valence-corrected chi connectivity index (χ0v) is 15.1. The Morgan fingerprint density at radius 3 is 2.81 bits per heavy atom. The Balaban J connectivity index is 1.70. The molecule has 1 aromatic heterocycles. The molecule has 0 unspecified atom stereocenters. The summed E-state index contributed by atoms with van der Waals surface area (Å²) < 4.78 is 5.17. The highest BCUT2D eigenvalue weighted by molar-refractivity contribution is 6.33. The van der Waals surface area contributed by atoms with Crippen molar-refractivity contribution in [1.29, 1.82) is 5.41 Å². The number of aliphatic hydroxyl groups excluding tert-OH is 1. The van der Waals surface area contributed by atoms with Gasteiger partial charge in [0.05, 0.1) is 35.3 Å². The van der Waals surface area contributed by atoms with Crippen LogP contribution in [0.1, 0.15) is 11.4 Å². The minimum absolute atomic E-state index is 0.0951. The van der Waals surface area contributed by atoms with Gasteiger partial charge in [0.2, 0.25) is 0 Å². The van der Waals surface area contributed by atoms with Crippen LogP contribution < -0.4 is 9.64 Å². The first-order valence-corrected chi connectivity index (χ1v) is 8.44. The van der Waals surface area contributed by atoms with Crippen molar-refractivity contribution < 1.29 is 9.84 Å². The van der Waals surface area contributed by atoms with Crippen molar-refractivity contribution in [2.24, 2.45) is 0 Å². The lowest BCUT2D eigenvalue weighted by molar-refractivity contribution is 0.411. The number of aromatic amines is 1. The molecule has 3 aromatic rings. The summed E-state index contributed by atoms with van der Waals surface area (Å²) in [5, 5.41) is 19.4. The quantitative estimate of drug-likeness (QED) is 0.643. The number of hydrogen-bond donors (Lipinski definition) is 3. The topological polar surface area (TPSA) is 85.2 Å².